The third kappa shape index (κ3) is 1.50. The van der Waals surface area contributed by atoms with Crippen LogP contribution in [0.4, 0.5) is 4.79 Å². The molecule has 0 aromatic rings. The van der Waals surface area contributed by atoms with Gasteiger partial charge in [-0.05, 0) is 6.92 Å². The smallest absolute Gasteiger partial charge is 0.433 e. The van der Waals surface area contributed by atoms with Gasteiger partial charge in [0.15, 0.2) is 0 Å². The van der Waals surface area contributed by atoms with Crippen LogP contribution in [-0.4, -0.2) is 23.2 Å². The minimum Gasteiger partial charge on any atom is -0.439 e. The van der Waals surface area contributed by atoms with Gasteiger partial charge in [-0.1, -0.05) is 20.8 Å². The zero-order chi connectivity index (χ0) is 10.3. The molecule has 5 nitrogen and oxygen atoms in total. The molecule has 1 saturated heterocycles. The number of cyclic esters (lactones) is 1. The summed E-state index contributed by atoms with van der Waals surface area (Å²) in [7, 11) is 0. The van der Waals surface area contributed by atoms with Gasteiger partial charge in [0.2, 0.25) is 0 Å². The predicted molar refractivity (Wildman–Crippen MR) is 46.8 cm³/mol. The number of ether oxygens (including phenoxy) is 1. The topological polar surface area (TPSA) is 59.0 Å². The number of nitrogens with zero attached hydrogens (tertiary/aromatic N) is 2. The molecule has 1 fully saturated rings. The maximum atomic E-state index is 11.1. The Labute approximate surface area is 77.0 Å². The van der Waals surface area contributed by atoms with E-state index < -0.39 is 11.7 Å². The summed E-state index contributed by atoms with van der Waals surface area (Å²) < 4.78 is 5.11. The van der Waals surface area contributed by atoms with Crippen molar-refractivity contribution in [1.82, 2.24) is 5.01 Å². The number of amides is 1. The van der Waals surface area contributed by atoms with Gasteiger partial charge in [0, 0.05) is 5.41 Å². The summed E-state index contributed by atoms with van der Waals surface area (Å²) in [6.07, 6.45) is -0.660. The largest absolute Gasteiger partial charge is 0.439 e. The fourth-order valence-electron chi connectivity index (χ4n) is 1.08. The van der Waals surface area contributed by atoms with E-state index in [1.165, 1.54) is 0 Å². The molecule has 0 aromatic carbocycles. The lowest BCUT2D eigenvalue weighted by Crippen LogP contribution is -2.43. The highest BCUT2D eigenvalue weighted by Crippen LogP contribution is 2.38. The molecule has 1 amide bonds. The average molecular weight is 186 g/mol. The van der Waals surface area contributed by atoms with E-state index >= 15 is 0 Å². The highest BCUT2D eigenvalue weighted by molar-refractivity contribution is 5.70. The van der Waals surface area contributed by atoms with Crippen LogP contribution in [-0.2, 0) is 4.74 Å². The van der Waals surface area contributed by atoms with Crippen LogP contribution >= 0.6 is 0 Å². The number of carbonyl (C=O) groups excluding carboxylic acids is 1. The lowest BCUT2D eigenvalue weighted by atomic mass is 9.78. The van der Waals surface area contributed by atoms with Crippen LogP contribution in [0.25, 0.3) is 0 Å². The van der Waals surface area contributed by atoms with Crippen LogP contribution in [0.1, 0.15) is 27.7 Å². The van der Waals surface area contributed by atoms with E-state index in [0.29, 0.717) is 0 Å². The van der Waals surface area contributed by atoms with Gasteiger partial charge in [0.05, 0.1) is 11.8 Å². The molecular formula is C8H14N2O3. The summed E-state index contributed by atoms with van der Waals surface area (Å²) in [6.45, 7) is 7.88. The Morgan fingerprint density at radius 1 is 1.54 bits per heavy atom. The molecule has 0 N–H and O–H groups in total. The second-order valence-corrected chi connectivity index (χ2v) is 4.49. The molecule has 0 aliphatic carbocycles. The fourth-order valence-corrected chi connectivity index (χ4v) is 1.08. The van der Waals surface area contributed by atoms with Gasteiger partial charge in [0.25, 0.3) is 0 Å². The first-order valence-corrected chi connectivity index (χ1v) is 4.14. The van der Waals surface area contributed by atoms with Gasteiger partial charge < -0.3 is 4.74 Å². The quantitative estimate of drug-likeness (QED) is 0.588. The van der Waals surface area contributed by atoms with E-state index in [0.717, 1.165) is 5.01 Å². The monoisotopic (exact) mass is 186 g/mol. The van der Waals surface area contributed by atoms with Crippen LogP contribution in [0.15, 0.2) is 5.29 Å². The number of nitroso groups, excluding NO2 is 1. The molecule has 0 spiro atoms. The predicted octanol–water partition coefficient (Wildman–Crippen LogP) is 1.92. The van der Waals surface area contributed by atoms with Gasteiger partial charge in [-0.15, -0.1) is 4.91 Å². The summed E-state index contributed by atoms with van der Waals surface area (Å²) in [4.78, 5) is 21.3. The number of hydrogen-bond donors (Lipinski definition) is 0. The lowest BCUT2D eigenvalue weighted by Gasteiger charge is -2.35. The molecule has 0 unspecified atom stereocenters. The Morgan fingerprint density at radius 3 is 2.31 bits per heavy atom. The first-order chi connectivity index (χ1) is 5.80. The van der Waals surface area contributed by atoms with E-state index in [1.807, 2.05) is 20.8 Å². The van der Waals surface area contributed by atoms with E-state index in [-0.39, 0.29) is 12.0 Å². The van der Waals surface area contributed by atoms with Gasteiger partial charge in [0.1, 0.15) is 5.60 Å². The number of carbonyl (C=O) groups is 1. The summed E-state index contributed by atoms with van der Waals surface area (Å²) in [6, 6.07) is 0. The van der Waals surface area contributed by atoms with Crippen LogP contribution in [0.5, 0.6) is 0 Å². The third-order valence-corrected chi connectivity index (χ3v) is 2.66. The molecule has 0 radical (unpaired) electrons. The first kappa shape index (κ1) is 9.95. The van der Waals surface area contributed by atoms with Crippen molar-refractivity contribution in [3.63, 3.8) is 0 Å². The van der Waals surface area contributed by atoms with Crippen molar-refractivity contribution in [3.8, 4) is 0 Å². The molecule has 0 saturated carbocycles. The normalized spacial score (nSPS) is 28.9. The van der Waals surface area contributed by atoms with Crippen molar-refractivity contribution in [2.75, 3.05) is 6.54 Å². The van der Waals surface area contributed by atoms with E-state index in [2.05, 4.69) is 5.29 Å². The molecule has 0 aromatic heterocycles. The molecule has 0 bridgehead atoms. The zero-order valence-electron chi connectivity index (χ0n) is 8.33. The number of rotatable bonds is 1. The summed E-state index contributed by atoms with van der Waals surface area (Å²) in [5, 5.41) is 3.40. The average Bonchev–Trinajstić information content (AvgIpc) is 2.26. The Hall–Kier alpha value is -1.13. The molecule has 1 rings (SSSR count). The molecule has 5 heteroatoms. The van der Waals surface area contributed by atoms with Crippen molar-refractivity contribution in [1.29, 1.82) is 0 Å². The molecule has 1 aliphatic heterocycles. The van der Waals surface area contributed by atoms with Crippen molar-refractivity contribution in [2.24, 2.45) is 10.7 Å². The molecular weight excluding hydrogens is 172 g/mol. The maximum Gasteiger partial charge on any atom is 0.433 e. The molecule has 1 atom stereocenters. The van der Waals surface area contributed by atoms with Gasteiger partial charge in [-0.3, -0.25) is 0 Å². The van der Waals surface area contributed by atoms with Crippen molar-refractivity contribution < 1.29 is 9.53 Å². The molecule has 1 aliphatic rings. The second-order valence-electron chi connectivity index (χ2n) is 4.49. The fraction of sp³-hybridized carbons (Fsp3) is 0.875. The third-order valence-electron chi connectivity index (χ3n) is 2.66. The highest BCUT2D eigenvalue weighted by Gasteiger charge is 2.50. The van der Waals surface area contributed by atoms with Crippen LogP contribution in [0.3, 0.4) is 0 Å². The van der Waals surface area contributed by atoms with Crippen LogP contribution in [0.2, 0.25) is 0 Å². The summed E-state index contributed by atoms with van der Waals surface area (Å²) in [5.41, 5.74) is -0.847. The van der Waals surface area contributed by atoms with Crippen LogP contribution in [0, 0.1) is 10.3 Å². The summed E-state index contributed by atoms with van der Waals surface area (Å²) in [5.74, 6) is 0. The Balaban J connectivity index is 2.88. The van der Waals surface area contributed by atoms with Crippen molar-refractivity contribution in [2.45, 2.75) is 33.3 Å². The van der Waals surface area contributed by atoms with Gasteiger partial charge in [-0.25, -0.2) is 4.79 Å². The second kappa shape index (κ2) is 2.68. The molecule has 1 heterocycles. The first-order valence-electron chi connectivity index (χ1n) is 4.14. The van der Waals surface area contributed by atoms with E-state index in [1.54, 1.807) is 6.92 Å². The van der Waals surface area contributed by atoms with Gasteiger partial charge in [-0.2, -0.15) is 5.01 Å². The Morgan fingerprint density at radius 2 is 2.08 bits per heavy atom. The number of hydrogen-bond acceptors (Lipinski definition) is 4. The van der Waals surface area contributed by atoms with Gasteiger partial charge >= 0.3 is 6.09 Å². The van der Waals surface area contributed by atoms with Crippen molar-refractivity contribution in [3.05, 3.63) is 4.91 Å². The minimum atomic E-state index is -0.660. The Kier molecular flexibility index (Phi) is 2.05. The zero-order valence-corrected chi connectivity index (χ0v) is 8.33. The minimum absolute atomic E-state index is 0.206. The molecule has 74 valence electrons. The van der Waals surface area contributed by atoms with E-state index in [9.17, 15) is 9.70 Å². The molecule has 13 heavy (non-hydrogen) atoms. The lowest BCUT2D eigenvalue weighted by molar-refractivity contribution is -0.0157. The van der Waals surface area contributed by atoms with Crippen LogP contribution < -0.4 is 0 Å². The standard InChI is InChI=1S/C8H14N2O3/c1-7(2,3)8(4)5-10(9-12)6(11)13-8/h5H2,1-4H3/t8-/m1/s1. The summed E-state index contributed by atoms with van der Waals surface area (Å²) >= 11 is 0. The van der Waals surface area contributed by atoms with Crippen molar-refractivity contribution >= 4 is 6.09 Å². The maximum absolute atomic E-state index is 11.1. The van der Waals surface area contributed by atoms with E-state index in [4.69, 9.17) is 4.74 Å². The SMILES string of the molecule is CC(C)(C)[C@@]1(C)CN(N=O)C(=O)O1. The Bertz CT molecular complexity index is 246. The highest BCUT2D eigenvalue weighted by atomic mass is 16.6.